The minimum absolute atomic E-state index is 0.0420. The number of pyridine rings is 1. The molecule has 2 aromatic heterocycles. The number of hydrogen-bond donors (Lipinski definition) is 2. The highest BCUT2D eigenvalue weighted by molar-refractivity contribution is 9.10. The first-order chi connectivity index (χ1) is 13.3. The Labute approximate surface area is 173 Å². The van der Waals surface area contributed by atoms with Gasteiger partial charge in [0.15, 0.2) is 11.5 Å². The van der Waals surface area contributed by atoms with Crippen molar-refractivity contribution in [3.63, 3.8) is 0 Å². The normalized spacial score (nSPS) is 10.4. The topological polar surface area (TPSA) is 107 Å². The van der Waals surface area contributed by atoms with Gasteiger partial charge in [-0.1, -0.05) is 17.7 Å². The van der Waals surface area contributed by atoms with E-state index in [4.69, 9.17) is 23.9 Å². The summed E-state index contributed by atoms with van der Waals surface area (Å²) in [5.74, 6) is -1.04. The Hall–Kier alpha value is -3.22. The summed E-state index contributed by atoms with van der Waals surface area (Å²) < 4.78 is 1.68. The van der Waals surface area contributed by atoms with E-state index in [2.05, 4.69) is 36.2 Å². The second-order valence-corrected chi connectivity index (χ2v) is 6.91. The molecule has 2 heterocycles. The molecule has 1 aromatic carbocycles. The van der Waals surface area contributed by atoms with Gasteiger partial charge < -0.3 is 11.1 Å². The third kappa shape index (κ3) is 3.74. The third-order valence-electron chi connectivity index (χ3n) is 3.81. The largest absolute Gasteiger partial charge is 0.366 e. The summed E-state index contributed by atoms with van der Waals surface area (Å²) in [5, 5.41) is 7.19. The molecule has 0 atom stereocenters. The zero-order valence-electron chi connectivity index (χ0n) is 14.4. The first-order valence-corrected chi connectivity index (χ1v) is 8.98. The summed E-state index contributed by atoms with van der Waals surface area (Å²) >= 11 is 9.41. The van der Waals surface area contributed by atoms with Crippen molar-refractivity contribution in [3.8, 4) is 5.82 Å². The number of aromatic nitrogens is 3. The highest BCUT2D eigenvalue weighted by Crippen LogP contribution is 2.28. The molecular formula is C18H12BrClN6O2. The summed E-state index contributed by atoms with van der Waals surface area (Å²) in [6.07, 6.45) is 1.52. The highest BCUT2D eigenvalue weighted by Gasteiger charge is 2.21. The molecule has 0 aliphatic heterocycles. The van der Waals surface area contributed by atoms with Crippen molar-refractivity contribution in [1.82, 2.24) is 14.8 Å². The molecule has 0 fully saturated rings. The van der Waals surface area contributed by atoms with E-state index in [-0.39, 0.29) is 28.5 Å². The van der Waals surface area contributed by atoms with Crippen LogP contribution in [-0.4, -0.2) is 26.6 Å². The van der Waals surface area contributed by atoms with Crippen molar-refractivity contribution in [2.75, 3.05) is 5.32 Å². The first-order valence-electron chi connectivity index (χ1n) is 7.81. The molecule has 10 heteroatoms. The van der Waals surface area contributed by atoms with E-state index in [1.807, 2.05) is 0 Å². The quantitative estimate of drug-likeness (QED) is 0.577. The number of amides is 2. The SMILES string of the molecule is [C-]#[N+]c1cc(C)c(NC(=O)c2cc(Br)nn2-c2ncccc2Cl)c(C(N)=O)c1. The van der Waals surface area contributed by atoms with Crippen LogP contribution in [-0.2, 0) is 0 Å². The minimum Gasteiger partial charge on any atom is -0.366 e. The number of halogens is 2. The van der Waals surface area contributed by atoms with Crippen LogP contribution in [0.1, 0.15) is 26.4 Å². The number of hydrogen-bond acceptors (Lipinski definition) is 4. The third-order valence-corrected chi connectivity index (χ3v) is 4.49. The lowest BCUT2D eigenvalue weighted by Gasteiger charge is -2.14. The maximum atomic E-state index is 12.9. The highest BCUT2D eigenvalue weighted by atomic mass is 79.9. The fourth-order valence-electron chi connectivity index (χ4n) is 2.58. The van der Waals surface area contributed by atoms with E-state index in [1.165, 1.54) is 23.0 Å². The maximum Gasteiger partial charge on any atom is 0.274 e. The standard InChI is InChI=1S/C18H12BrClN6O2/c1-9-6-10(22-2)7-11(16(21)27)15(9)24-18(28)13-8-14(19)25-26(13)17-12(20)4-3-5-23-17/h3-8H,1H3,(H2,21,27)(H,24,28). The van der Waals surface area contributed by atoms with Crippen LogP contribution in [0, 0.1) is 13.5 Å². The van der Waals surface area contributed by atoms with Crippen molar-refractivity contribution in [2.45, 2.75) is 6.92 Å². The molecule has 0 unspecified atom stereocenters. The summed E-state index contributed by atoms with van der Waals surface area (Å²) in [6, 6.07) is 7.66. The number of benzene rings is 1. The molecule has 0 bridgehead atoms. The molecule has 8 nitrogen and oxygen atoms in total. The van der Waals surface area contributed by atoms with E-state index in [1.54, 1.807) is 25.1 Å². The summed E-state index contributed by atoms with van der Waals surface area (Å²) in [6.45, 7) is 8.79. The Bertz CT molecular complexity index is 1150. The van der Waals surface area contributed by atoms with Gasteiger partial charge in [0.2, 0.25) is 5.91 Å². The minimum atomic E-state index is -0.758. The molecule has 0 radical (unpaired) electrons. The number of carbonyl (C=O) groups excluding carboxylic acids is 2. The number of rotatable bonds is 4. The number of anilines is 1. The number of aryl methyl sites for hydroxylation is 1. The molecule has 3 rings (SSSR count). The van der Waals surface area contributed by atoms with E-state index < -0.39 is 11.8 Å². The Morgan fingerprint density at radius 3 is 2.75 bits per heavy atom. The Morgan fingerprint density at radius 1 is 1.36 bits per heavy atom. The molecule has 28 heavy (non-hydrogen) atoms. The molecule has 0 aliphatic rings. The molecule has 0 saturated heterocycles. The van der Waals surface area contributed by atoms with E-state index >= 15 is 0 Å². The second-order valence-electron chi connectivity index (χ2n) is 5.69. The summed E-state index contributed by atoms with van der Waals surface area (Å²) in [7, 11) is 0. The van der Waals surface area contributed by atoms with Gasteiger partial charge in [0.05, 0.1) is 22.8 Å². The van der Waals surface area contributed by atoms with Gasteiger partial charge in [0.25, 0.3) is 5.91 Å². The molecule has 3 N–H and O–H groups in total. The first kappa shape index (κ1) is 19.5. The van der Waals surface area contributed by atoms with Crippen LogP contribution in [0.15, 0.2) is 41.1 Å². The number of carbonyl (C=O) groups is 2. The van der Waals surface area contributed by atoms with Gasteiger partial charge >= 0.3 is 0 Å². The maximum absolute atomic E-state index is 12.9. The van der Waals surface area contributed by atoms with Crippen LogP contribution >= 0.6 is 27.5 Å². The van der Waals surface area contributed by atoms with Crippen molar-refractivity contribution in [3.05, 3.63) is 74.4 Å². The van der Waals surface area contributed by atoms with Crippen LogP contribution in [0.5, 0.6) is 0 Å². The smallest absolute Gasteiger partial charge is 0.274 e. The molecule has 0 aliphatic carbocycles. The molecule has 0 spiro atoms. The molecule has 3 aromatic rings. The van der Waals surface area contributed by atoms with Crippen molar-refractivity contribution < 1.29 is 9.59 Å². The molecular weight excluding hydrogens is 448 g/mol. The predicted octanol–water partition coefficient (Wildman–Crippen LogP) is 3.89. The zero-order valence-corrected chi connectivity index (χ0v) is 16.7. The van der Waals surface area contributed by atoms with Crippen molar-refractivity contribution >= 4 is 50.7 Å². The fraction of sp³-hybridized carbons (Fsp3) is 0.0556. The van der Waals surface area contributed by atoms with Gasteiger partial charge in [0, 0.05) is 12.3 Å². The molecule has 2 amide bonds. The van der Waals surface area contributed by atoms with Crippen LogP contribution in [0.4, 0.5) is 11.4 Å². The fourth-order valence-corrected chi connectivity index (χ4v) is 3.16. The second kappa shape index (κ2) is 7.80. The lowest BCUT2D eigenvalue weighted by atomic mass is 10.1. The van der Waals surface area contributed by atoms with E-state index in [9.17, 15) is 9.59 Å². The van der Waals surface area contributed by atoms with Crippen LogP contribution < -0.4 is 11.1 Å². The van der Waals surface area contributed by atoms with Gasteiger partial charge in [-0.15, -0.1) is 0 Å². The lowest BCUT2D eigenvalue weighted by molar-refractivity contribution is 0.100. The van der Waals surface area contributed by atoms with Crippen LogP contribution in [0.2, 0.25) is 5.02 Å². The van der Waals surface area contributed by atoms with Crippen molar-refractivity contribution in [2.24, 2.45) is 5.73 Å². The van der Waals surface area contributed by atoms with Crippen LogP contribution in [0.25, 0.3) is 10.7 Å². The van der Waals surface area contributed by atoms with E-state index in [0.717, 1.165) is 0 Å². The van der Waals surface area contributed by atoms with Gasteiger partial charge in [0.1, 0.15) is 10.3 Å². The summed E-state index contributed by atoms with van der Waals surface area (Å²) in [4.78, 5) is 32.2. The van der Waals surface area contributed by atoms with E-state index in [0.29, 0.717) is 15.2 Å². The monoisotopic (exact) mass is 458 g/mol. The zero-order chi connectivity index (χ0) is 20.4. The molecule has 0 saturated carbocycles. The van der Waals surface area contributed by atoms with Crippen molar-refractivity contribution in [1.29, 1.82) is 0 Å². The molecule has 140 valence electrons. The Balaban J connectivity index is 2.06. The summed E-state index contributed by atoms with van der Waals surface area (Å²) in [5.41, 5.74) is 6.59. The number of primary amides is 1. The van der Waals surface area contributed by atoms with Gasteiger partial charge in [-0.05, 0) is 46.6 Å². The van der Waals surface area contributed by atoms with Crippen LogP contribution in [0.3, 0.4) is 0 Å². The average Bonchev–Trinajstić information content (AvgIpc) is 3.04. The number of nitrogens with one attached hydrogen (secondary N) is 1. The Morgan fingerprint density at radius 2 is 2.11 bits per heavy atom. The Kier molecular flexibility index (Phi) is 5.44. The predicted molar refractivity (Wildman–Crippen MR) is 108 cm³/mol. The average molecular weight is 460 g/mol. The van der Waals surface area contributed by atoms with Gasteiger partial charge in [-0.3, -0.25) is 9.59 Å². The van der Waals surface area contributed by atoms with Gasteiger partial charge in [-0.25, -0.2) is 14.5 Å². The number of nitrogens with two attached hydrogens (primary N) is 1. The lowest BCUT2D eigenvalue weighted by Crippen LogP contribution is -2.21. The number of nitrogens with zero attached hydrogens (tertiary/aromatic N) is 4. The van der Waals surface area contributed by atoms with Gasteiger partial charge in [-0.2, -0.15) is 5.10 Å².